The zero-order valence-corrected chi connectivity index (χ0v) is 11.1. The Morgan fingerprint density at radius 3 is 2.42 bits per heavy atom. The summed E-state index contributed by atoms with van der Waals surface area (Å²) in [6.07, 6.45) is 0. The number of methoxy groups -OCH3 is 1. The number of rotatable bonds is 1. The van der Waals surface area contributed by atoms with Gasteiger partial charge in [0.2, 0.25) is 0 Å². The molecule has 0 unspecified atom stereocenters. The van der Waals surface area contributed by atoms with E-state index >= 15 is 0 Å². The summed E-state index contributed by atoms with van der Waals surface area (Å²) in [5, 5.41) is 3.66. The molecule has 3 heteroatoms. The second-order valence-electron chi connectivity index (χ2n) is 4.35. The van der Waals surface area contributed by atoms with Gasteiger partial charge in [0.25, 0.3) is 0 Å². The molecule has 0 saturated carbocycles. The predicted octanol–water partition coefficient (Wildman–Crippen LogP) is 4.02. The minimum absolute atomic E-state index is 0.00873. The lowest BCUT2D eigenvalue weighted by atomic mass is 10.1. The first-order valence-electron chi connectivity index (χ1n) is 5.89. The van der Waals surface area contributed by atoms with Gasteiger partial charge in [-0.1, -0.05) is 29.8 Å². The van der Waals surface area contributed by atoms with Crippen LogP contribution >= 0.6 is 11.6 Å². The molecule has 0 amide bonds. The van der Waals surface area contributed by atoms with E-state index in [1.165, 1.54) is 0 Å². The van der Waals surface area contributed by atoms with E-state index in [1.54, 1.807) is 31.4 Å². The molecule has 0 atom stereocenters. The average Bonchev–Trinajstić information content (AvgIpc) is 2.56. The van der Waals surface area contributed by atoms with Crippen LogP contribution in [0.3, 0.4) is 0 Å². The van der Waals surface area contributed by atoms with E-state index in [2.05, 4.69) is 0 Å². The number of hydrogen-bond acceptors (Lipinski definition) is 2. The minimum atomic E-state index is -0.00873. The Balaban J connectivity index is 2.53. The maximum atomic E-state index is 12.6. The number of hydrogen-bond donors (Lipinski definition) is 0. The lowest BCUT2D eigenvalue weighted by Crippen LogP contribution is -1.98. The van der Waals surface area contributed by atoms with Crippen molar-refractivity contribution in [3.8, 4) is 5.75 Å². The fraction of sp³-hybridized carbons (Fsp3) is 0.0625. The number of benzene rings is 2. The molecule has 0 aromatic heterocycles. The van der Waals surface area contributed by atoms with Gasteiger partial charge in [-0.3, -0.25) is 4.79 Å². The Morgan fingerprint density at radius 1 is 0.895 bits per heavy atom. The molecule has 0 heterocycles. The van der Waals surface area contributed by atoms with Crippen LogP contribution in [0.2, 0.25) is 5.02 Å². The van der Waals surface area contributed by atoms with Crippen molar-refractivity contribution in [1.82, 2.24) is 0 Å². The van der Waals surface area contributed by atoms with Crippen LogP contribution in [0.15, 0.2) is 53.3 Å². The fourth-order valence-electron chi connectivity index (χ4n) is 2.21. The largest absolute Gasteiger partial charge is 0.497 e. The van der Waals surface area contributed by atoms with Crippen molar-refractivity contribution >= 4 is 33.1 Å². The summed E-state index contributed by atoms with van der Waals surface area (Å²) >= 11 is 5.97. The first kappa shape index (κ1) is 12.0. The topological polar surface area (TPSA) is 26.3 Å². The zero-order chi connectivity index (χ0) is 13.4. The van der Waals surface area contributed by atoms with Gasteiger partial charge >= 0.3 is 0 Å². The second-order valence-corrected chi connectivity index (χ2v) is 4.78. The zero-order valence-electron chi connectivity index (χ0n) is 10.3. The quantitative estimate of drug-likeness (QED) is 0.668. The molecule has 0 N–H and O–H groups in total. The van der Waals surface area contributed by atoms with Crippen LogP contribution in [0.1, 0.15) is 0 Å². The van der Waals surface area contributed by atoms with Gasteiger partial charge in [-0.2, -0.15) is 0 Å². The molecule has 0 bridgehead atoms. The lowest BCUT2D eigenvalue weighted by Gasteiger charge is -1.99. The van der Waals surface area contributed by atoms with Crippen LogP contribution in [0, 0.1) is 0 Å². The van der Waals surface area contributed by atoms with Crippen LogP contribution in [0.4, 0.5) is 0 Å². The first-order valence-corrected chi connectivity index (χ1v) is 6.27. The van der Waals surface area contributed by atoms with Crippen LogP contribution in [-0.2, 0) is 0 Å². The molecular formula is C16H11ClO2. The van der Waals surface area contributed by atoms with E-state index in [0.717, 1.165) is 10.8 Å². The number of fused-ring (bicyclic) bond motifs is 2. The Bertz CT molecular complexity index is 841. The molecule has 3 aromatic carbocycles. The van der Waals surface area contributed by atoms with Crippen molar-refractivity contribution in [2.75, 3.05) is 7.11 Å². The van der Waals surface area contributed by atoms with Gasteiger partial charge in [-0.25, -0.2) is 0 Å². The highest BCUT2D eigenvalue weighted by Gasteiger charge is 2.04. The summed E-state index contributed by atoms with van der Waals surface area (Å²) < 4.78 is 5.18. The van der Waals surface area contributed by atoms with Gasteiger partial charge in [0.1, 0.15) is 5.75 Å². The molecular weight excluding hydrogens is 260 g/mol. The Morgan fingerprint density at radius 2 is 1.63 bits per heavy atom. The summed E-state index contributed by atoms with van der Waals surface area (Å²) in [5.74, 6) is 0.679. The van der Waals surface area contributed by atoms with Crippen LogP contribution in [0.5, 0.6) is 5.75 Å². The summed E-state index contributed by atoms with van der Waals surface area (Å²) in [5.41, 5.74) is -0.00873. The summed E-state index contributed by atoms with van der Waals surface area (Å²) in [6.45, 7) is 0. The van der Waals surface area contributed by atoms with Crippen LogP contribution in [0.25, 0.3) is 21.5 Å². The minimum Gasteiger partial charge on any atom is -0.497 e. The van der Waals surface area contributed by atoms with Crippen LogP contribution < -0.4 is 10.2 Å². The van der Waals surface area contributed by atoms with Crippen molar-refractivity contribution < 1.29 is 4.74 Å². The van der Waals surface area contributed by atoms with Crippen LogP contribution in [-0.4, -0.2) is 7.11 Å². The summed E-state index contributed by atoms with van der Waals surface area (Å²) in [6, 6.07) is 14.6. The van der Waals surface area contributed by atoms with E-state index in [-0.39, 0.29) is 5.43 Å². The third-order valence-corrected chi connectivity index (χ3v) is 3.44. The van der Waals surface area contributed by atoms with Gasteiger partial charge in [0, 0.05) is 15.8 Å². The van der Waals surface area contributed by atoms with Crippen molar-refractivity contribution in [1.29, 1.82) is 0 Å². The first-order chi connectivity index (χ1) is 9.19. The molecule has 0 aliphatic carbocycles. The van der Waals surface area contributed by atoms with E-state index in [1.807, 2.05) is 24.3 Å². The molecule has 0 saturated heterocycles. The highest BCUT2D eigenvalue weighted by atomic mass is 35.5. The molecule has 2 nitrogen and oxygen atoms in total. The molecule has 0 radical (unpaired) electrons. The number of ether oxygens (including phenoxy) is 1. The average molecular weight is 271 g/mol. The summed E-state index contributed by atoms with van der Waals surface area (Å²) in [7, 11) is 1.59. The van der Waals surface area contributed by atoms with E-state index in [9.17, 15) is 4.79 Å². The molecule has 19 heavy (non-hydrogen) atoms. The Labute approximate surface area is 115 Å². The standard InChI is InChI=1S/C16H11ClO2/c1-19-13-6-4-10-2-3-11-8-12(17)5-7-14(11)16(18)15(10)9-13/h2-9H,1H3. The van der Waals surface area contributed by atoms with Gasteiger partial charge in [0.15, 0.2) is 5.43 Å². The predicted molar refractivity (Wildman–Crippen MR) is 79.3 cm³/mol. The fourth-order valence-corrected chi connectivity index (χ4v) is 2.39. The second kappa shape index (κ2) is 4.56. The maximum Gasteiger partial charge on any atom is 0.194 e. The molecule has 0 aliphatic rings. The number of halogens is 1. The monoisotopic (exact) mass is 270 g/mol. The third-order valence-electron chi connectivity index (χ3n) is 3.21. The van der Waals surface area contributed by atoms with Crippen molar-refractivity contribution in [3.63, 3.8) is 0 Å². The van der Waals surface area contributed by atoms with Gasteiger partial charge < -0.3 is 4.74 Å². The molecule has 3 aromatic rings. The van der Waals surface area contributed by atoms with Gasteiger partial charge in [0.05, 0.1) is 7.11 Å². The van der Waals surface area contributed by atoms with Gasteiger partial charge in [-0.05, 0) is 41.1 Å². The molecule has 0 aliphatic heterocycles. The smallest absolute Gasteiger partial charge is 0.194 e. The van der Waals surface area contributed by atoms with Gasteiger partial charge in [-0.15, -0.1) is 0 Å². The summed E-state index contributed by atoms with van der Waals surface area (Å²) in [4.78, 5) is 12.6. The molecule has 3 rings (SSSR count). The van der Waals surface area contributed by atoms with E-state index in [4.69, 9.17) is 16.3 Å². The van der Waals surface area contributed by atoms with Crippen molar-refractivity contribution in [2.45, 2.75) is 0 Å². The van der Waals surface area contributed by atoms with E-state index in [0.29, 0.717) is 21.5 Å². The third kappa shape index (κ3) is 2.04. The highest BCUT2D eigenvalue weighted by Crippen LogP contribution is 2.21. The molecule has 0 spiro atoms. The Kier molecular flexibility index (Phi) is 2.88. The van der Waals surface area contributed by atoms with Crippen molar-refractivity contribution in [2.24, 2.45) is 0 Å². The van der Waals surface area contributed by atoms with E-state index < -0.39 is 0 Å². The highest BCUT2D eigenvalue weighted by molar-refractivity contribution is 6.31. The maximum absolute atomic E-state index is 12.6. The molecule has 94 valence electrons. The van der Waals surface area contributed by atoms with Crippen molar-refractivity contribution in [3.05, 3.63) is 63.8 Å². The molecule has 0 fully saturated rings. The Hall–Kier alpha value is -2.06. The SMILES string of the molecule is COc1ccc2ccc3cc(Cl)ccc3c(=O)c2c1. The normalized spacial score (nSPS) is 10.8. The lowest BCUT2D eigenvalue weighted by molar-refractivity contribution is 0.415.